The molecule has 2 N–H and O–H groups in total. The van der Waals surface area contributed by atoms with Gasteiger partial charge in [-0.05, 0) is 0 Å². The SMILES string of the molecule is C=CC(=O)O.C=CC(=O)O.O=C1C=CC(=O)O1. The lowest BCUT2D eigenvalue weighted by molar-refractivity contribution is -0.150. The maximum absolute atomic E-state index is 9.92. The molecule has 0 radical (unpaired) electrons. The van der Waals surface area contributed by atoms with Crippen LogP contribution >= 0.6 is 0 Å². The van der Waals surface area contributed by atoms with Gasteiger partial charge in [0.1, 0.15) is 0 Å². The second-order valence-electron chi connectivity index (χ2n) is 2.16. The van der Waals surface area contributed by atoms with Crippen molar-refractivity contribution in [2.75, 3.05) is 0 Å². The van der Waals surface area contributed by atoms with E-state index in [0.29, 0.717) is 0 Å². The summed E-state index contributed by atoms with van der Waals surface area (Å²) < 4.78 is 3.97. The van der Waals surface area contributed by atoms with Gasteiger partial charge in [0.25, 0.3) is 0 Å². The number of cyclic esters (lactones) is 2. The van der Waals surface area contributed by atoms with Crippen LogP contribution in [0.1, 0.15) is 0 Å². The van der Waals surface area contributed by atoms with Crippen molar-refractivity contribution < 1.29 is 34.1 Å². The standard InChI is InChI=1S/C4H2O3.2C3H4O2/c5-3-1-2-4(6)7-3;2*1-2-3(4)5/h1-2H;2*2H,1H2,(H,4,5). The minimum absolute atomic E-state index is 0.579. The topological polar surface area (TPSA) is 118 Å². The summed E-state index contributed by atoms with van der Waals surface area (Å²) in [7, 11) is 0. The van der Waals surface area contributed by atoms with Gasteiger partial charge in [-0.15, -0.1) is 0 Å². The van der Waals surface area contributed by atoms with Gasteiger partial charge in [0, 0.05) is 24.3 Å². The normalized spacial score (nSPS) is 11.1. The molecule has 0 unspecified atom stereocenters. The molecule has 0 amide bonds. The Kier molecular flexibility index (Phi) is 9.68. The number of ether oxygens (including phenoxy) is 1. The summed E-state index contributed by atoms with van der Waals surface area (Å²) in [5.74, 6) is -3.12. The molecule has 7 nitrogen and oxygen atoms in total. The van der Waals surface area contributed by atoms with Crippen molar-refractivity contribution in [3.05, 3.63) is 37.5 Å². The Morgan fingerprint density at radius 2 is 1.24 bits per heavy atom. The predicted molar refractivity (Wildman–Crippen MR) is 55.9 cm³/mol. The van der Waals surface area contributed by atoms with Crippen molar-refractivity contribution in [1.82, 2.24) is 0 Å². The van der Waals surface area contributed by atoms with E-state index in [0.717, 1.165) is 24.3 Å². The van der Waals surface area contributed by atoms with Crippen LogP contribution in [0.2, 0.25) is 0 Å². The fourth-order valence-electron chi connectivity index (χ4n) is 0.303. The number of hydrogen-bond acceptors (Lipinski definition) is 5. The first-order valence-corrected chi connectivity index (χ1v) is 3.98. The highest BCUT2D eigenvalue weighted by Crippen LogP contribution is 1.92. The predicted octanol–water partition coefficient (Wildman–Crippen LogP) is 0.140. The van der Waals surface area contributed by atoms with Crippen molar-refractivity contribution in [2.45, 2.75) is 0 Å². The van der Waals surface area contributed by atoms with Crippen LogP contribution in [-0.4, -0.2) is 34.1 Å². The van der Waals surface area contributed by atoms with Gasteiger partial charge in [0.2, 0.25) is 0 Å². The van der Waals surface area contributed by atoms with Crippen LogP contribution in [0.3, 0.4) is 0 Å². The van der Waals surface area contributed by atoms with Gasteiger partial charge in [-0.3, -0.25) is 0 Å². The van der Waals surface area contributed by atoms with Gasteiger partial charge in [-0.2, -0.15) is 0 Å². The summed E-state index contributed by atoms with van der Waals surface area (Å²) in [5, 5.41) is 15.2. The highest BCUT2D eigenvalue weighted by Gasteiger charge is 2.10. The van der Waals surface area contributed by atoms with E-state index in [1.54, 1.807) is 0 Å². The Labute approximate surface area is 96.3 Å². The molecular weight excluding hydrogens is 232 g/mol. The van der Waals surface area contributed by atoms with Crippen LogP contribution in [0.25, 0.3) is 0 Å². The maximum atomic E-state index is 9.92. The van der Waals surface area contributed by atoms with E-state index in [2.05, 4.69) is 17.9 Å². The smallest absolute Gasteiger partial charge is 0.338 e. The number of carbonyl (C=O) groups is 4. The summed E-state index contributed by atoms with van der Waals surface area (Å²) in [4.78, 5) is 38.3. The average molecular weight is 242 g/mol. The molecular formula is C10H10O7. The van der Waals surface area contributed by atoms with Crippen molar-refractivity contribution in [1.29, 1.82) is 0 Å². The van der Waals surface area contributed by atoms with Crippen LogP contribution in [0.5, 0.6) is 0 Å². The monoisotopic (exact) mass is 242 g/mol. The Hall–Kier alpha value is -2.70. The summed E-state index contributed by atoms with van der Waals surface area (Å²) >= 11 is 0. The molecule has 1 heterocycles. The van der Waals surface area contributed by atoms with Gasteiger partial charge >= 0.3 is 23.9 Å². The first kappa shape index (κ1) is 16.7. The summed E-state index contributed by atoms with van der Waals surface area (Å²) in [6, 6.07) is 0. The molecule has 0 saturated heterocycles. The number of carbonyl (C=O) groups excluding carboxylic acids is 2. The first-order valence-electron chi connectivity index (χ1n) is 3.98. The second kappa shape index (κ2) is 9.84. The van der Waals surface area contributed by atoms with E-state index >= 15 is 0 Å². The molecule has 0 aromatic rings. The lowest BCUT2D eigenvalue weighted by Crippen LogP contribution is -1.96. The molecule has 0 fully saturated rings. The van der Waals surface area contributed by atoms with Crippen LogP contribution in [0.15, 0.2) is 37.5 Å². The molecule has 0 aromatic heterocycles. The van der Waals surface area contributed by atoms with E-state index in [1.165, 1.54) is 0 Å². The Bertz CT molecular complexity index is 331. The molecule has 0 saturated carbocycles. The molecule has 0 spiro atoms. The zero-order valence-electron chi connectivity index (χ0n) is 8.66. The fraction of sp³-hybridized carbons (Fsp3) is 0. The Balaban J connectivity index is 0. The quantitative estimate of drug-likeness (QED) is 0.401. The number of hydrogen-bond donors (Lipinski definition) is 2. The molecule has 0 aromatic carbocycles. The van der Waals surface area contributed by atoms with E-state index in [1.807, 2.05) is 0 Å². The van der Waals surface area contributed by atoms with Crippen LogP contribution in [0, 0.1) is 0 Å². The van der Waals surface area contributed by atoms with Gasteiger partial charge in [0.05, 0.1) is 0 Å². The van der Waals surface area contributed by atoms with E-state index in [9.17, 15) is 19.2 Å². The maximum Gasteiger partial charge on any atom is 0.338 e. The Morgan fingerprint density at radius 1 is 1.00 bits per heavy atom. The number of esters is 2. The molecule has 0 atom stereocenters. The minimum Gasteiger partial charge on any atom is -0.478 e. The van der Waals surface area contributed by atoms with E-state index in [4.69, 9.17) is 10.2 Å². The first-order chi connectivity index (χ1) is 7.83. The summed E-state index contributed by atoms with van der Waals surface area (Å²) in [5.41, 5.74) is 0. The van der Waals surface area contributed by atoms with Gasteiger partial charge in [-0.25, -0.2) is 19.2 Å². The lowest BCUT2D eigenvalue weighted by Gasteiger charge is -1.80. The summed E-state index contributed by atoms with van der Waals surface area (Å²) in [6.07, 6.45) is 3.84. The van der Waals surface area contributed by atoms with Crippen LogP contribution in [0.4, 0.5) is 0 Å². The lowest BCUT2D eigenvalue weighted by atomic mass is 10.6. The van der Waals surface area contributed by atoms with Crippen molar-refractivity contribution in [3.8, 4) is 0 Å². The third kappa shape index (κ3) is 16.0. The van der Waals surface area contributed by atoms with E-state index < -0.39 is 23.9 Å². The third-order valence-electron chi connectivity index (χ3n) is 0.906. The summed E-state index contributed by atoms with van der Waals surface area (Å²) in [6.45, 7) is 5.92. The van der Waals surface area contributed by atoms with Gasteiger partial charge in [0.15, 0.2) is 0 Å². The molecule has 0 bridgehead atoms. The van der Waals surface area contributed by atoms with Crippen LogP contribution in [-0.2, 0) is 23.9 Å². The zero-order valence-corrected chi connectivity index (χ0v) is 8.66. The highest BCUT2D eigenvalue weighted by atomic mass is 16.6. The van der Waals surface area contributed by atoms with Crippen molar-refractivity contribution in [2.24, 2.45) is 0 Å². The highest BCUT2D eigenvalue weighted by molar-refractivity contribution is 6.04. The van der Waals surface area contributed by atoms with Gasteiger partial charge < -0.3 is 14.9 Å². The largest absolute Gasteiger partial charge is 0.478 e. The Morgan fingerprint density at radius 3 is 1.29 bits per heavy atom. The molecule has 92 valence electrons. The van der Waals surface area contributed by atoms with Gasteiger partial charge in [-0.1, -0.05) is 13.2 Å². The minimum atomic E-state index is -0.981. The second-order valence-corrected chi connectivity index (χ2v) is 2.16. The van der Waals surface area contributed by atoms with Crippen molar-refractivity contribution >= 4 is 23.9 Å². The third-order valence-corrected chi connectivity index (χ3v) is 0.906. The molecule has 1 rings (SSSR count). The molecule has 0 aliphatic carbocycles. The van der Waals surface area contributed by atoms with Crippen molar-refractivity contribution in [3.63, 3.8) is 0 Å². The number of carboxylic acid groups (broad SMARTS) is 2. The zero-order chi connectivity index (χ0) is 13.8. The molecule has 7 heteroatoms. The van der Waals surface area contributed by atoms with E-state index in [-0.39, 0.29) is 0 Å². The van der Waals surface area contributed by atoms with Crippen LogP contribution < -0.4 is 0 Å². The number of aliphatic carboxylic acids is 2. The fourth-order valence-corrected chi connectivity index (χ4v) is 0.303. The molecule has 17 heavy (non-hydrogen) atoms. The number of carboxylic acids is 2. The molecule has 1 aliphatic rings. The molecule has 1 aliphatic heterocycles. The number of rotatable bonds is 2. The average Bonchev–Trinajstić information content (AvgIpc) is 2.64.